The van der Waals surface area contributed by atoms with Crippen molar-refractivity contribution in [2.24, 2.45) is 0 Å². The molecule has 10 rings (SSSR count). The average Bonchev–Trinajstić information content (AvgIpc) is 3.62. The summed E-state index contributed by atoms with van der Waals surface area (Å²) in [5.74, 6) is 0.660. The van der Waals surface area contributed by atoms with Crippen LogP contribution in [0, 0.1) is 11.3 Å². The van der Waals surface area contributed by atoms with Crippen molar-refractivity contribution < 1.29 is 0 Å². The lowest BCUT2D eigenvalue weighted by Crippen LogP contribution is -2.28. The zero-order valence-electron chi connectivity index (χ0n) is 31.0. The second kappa shape index (κ2) is 14.2. The van der Waals surface area contributed by atoms with E-state index < -0.39 is 5.41 Å². The Morgan fingerprint density at radius 3 is 1.39 bits per heavy atom. The van der Waals surface area contributed by atoms with Gasteiger partial charge in [-0.2, -0.15) is 5.26 Å². The molecule has 1 aliphatic rings. The van der Waals surface area contributed by atoms with E-state index in [1.54, 1.807) is 0 Å². The third kappa shape index (κ3) is 5.75. The predicted molar refractivity (Wildman–Crippen MR) is 231 cm³/mol. The Hall–Kier alpha value is -7.67. The lowest BCUT2D eigenvalue weighted by molar-refractivity contribution is 0.768. The minimum absolute atomic E-state index is 0.600. The summed E-state index contributed by atoms with van der Waals surface area (Å²) in [6, 6.07) is 76.6. The van der Waals surface area contributed by atoms with Gasteiger partial charge in [0.25, 0.3) is 0 Å². The molecule has 9 aromatic rings. The molecule has 0 aliphatic heterocycles. The fourth-order valence-corrected chi connectivity index (χ4v) is 8.66. The minimum atomic E-state index is -0.600. The lowest BCUT2D eigenvalue weighted by atomic mass is 9.67. The highest BCUT2D eigenvalue weighted by molar-refractivity contribution is 5.97. The van der Waals surface area contributed by atoms with E-state index in [4.69, 9.17) is 9.97 Å². The van der Waals surface area contributed by atoms with E-state index in [-0.39, 0.29) is 0 Å². The first-order valence-corrected chi connectivity index (χ1v) is 19.2. The molecule has 266 valence electrons. The van der Waals surface area contributed by atoms with Gasteiger partial charge in [0.15, 0.2) is 5.82 Å². The number of fused-ring (bicyclic) bond motifs is 3. The Morgan fingerprint density at radius 1 is 0.368 bits per heavy atom. The maximum absolute atomic E-state index is 10.6. The maximum atomic E-state index is 10.6. The van der Waals surface area contributed by atoms with Crippen LogP contribution < -0.4 is 0 Å². The van der Waals surface area contributed by atoms with Gasteiger partial charge in [-0.3, -0.25) is 0 Å². The van der Waals surface area contributed by atoms with Crippen molar-refractivity contribution in [3.05, 3.63) is 240 Å². The first-order valence-electron chi connectivity index (χ1n) is 19.2. The topological polar surface area (TPSA) is 49.6 Å². The van der Waals surface area contributed by atoms with Crippen LogP contribution in [0.1, 0.15) is 27.8 Å². The Bertz CT molecular complexity index is 2880. The molecule has 1 aromatic heterocycles. The second-order valence-electron chi connectivity index (χ2n) is 14.4. The van der Waals surface area contributed by atoms with Crippen molar-refractivity contribution in [2.75, 3.05) is 0 Å². The Kier molecular flexibility index (Phi) is 8.43. The molecule has 1 aliphatic carbocycles. The first-order chi connectivity index (χ1) is 28.2. The van der Waals surface area contributed by atoms with Crippen LogP contribution in [-0.2, 0) is 5.41 Å². The van der Waals surface area contributed by atoms with Gasteiger partial charge in [-0.15, -0.1) is 0 Å². The van der Waals surface area contributed by atoms with Crippen LogP contribution in [0.15, 0.2) is 212 Å². The summed E-state index contributed by atoms with van der Waals surface area (Å²) in [7, 11) is 0. The zero-order valence-corrected chi connectivity index (χ0v) is 31.0. The molecule has 0 bridgehead atoms. The van der Waals surface area contributed by atoms with Crippen LogP contribution in [0.25, 0.3) is 67.3 Å². The lowest BCUT2D eigenvalue weighted by Gasteiger charge is -2.34. The van der Waals surface area contributed by atoms with Crippen LogP contribution in [-0.4, -0.2) is 9.97 Å². The highest BCUT2D eigenvalue weighted by Crippen LogP contribution is 2.59. The third-order valence-corrected chi connectivity index (χ3v) is 11.3. The second-order valence-corrected chi connectivity index (χ2v) is 14.4. The van der Waals surface area contributed by atoms with Gasteiger partial charge in [-0.25, -0.2) is 9.97 Å². The van der Waals surface area contributed by atoms with Crippen molar-refractivity contribution in [2.45, 2.75) is 5.41 Å². The number of nitrogens with zero attached hydrogens (tertiary/aromatic N) is 3. The van der Waals surface area contributed by atoms with Gasteiger partial charge in [0.1, 0.15) is 0 Å². The molecule has 0 saturated carbocycles. The third-order valence-electron chi connectivity index (χ3n) is 11.3. The standard InChI is InChI=1S/C54H35N3/c55-36-43-19-13-25-47-51(43)52-46(24-14-26-48(52)54(47,44-20-9-3-10-21-44)45-22-11-4-12-23-45)39-29-33-42(34-30-39)53-56-49(40-17-7-2-8-18-40)35-50(57-53)41-31-27-38(28-32-41)37-15-5-1-6-16-37/h1-35H. The van der Waals surface area contributed by atoms with E-state index in [0.29, 0.717) is 11.4 Å². The molecule has 0 unspecified atom stereocenters. The summed E-state index contributed by atoms with van der Waals surface area (Å²) in [6.07, 6.45) is 0. The number of rotatable bonds is 7. The van der Waals surface area contributed by atoms with Gasteiger partial charge in [0, 0.05) is 22.3 Å². The van der Waals surface area contributed by atoms with Crippen molar-refractivity contribution in [1.29, 1.82) is 5.26 Å². The molecule has 3 heteroatoms. The van der Waals surface area contributed by atoms with E-state index in [1.165, 1.54) is 22.3 Å². The van der Waals surface area contributed by atoms with Crippen LogP contribution in [0.5, 0.6) is 0 Å². The van der Waals surface area contributed by atoms with E-state index >= 15 is 0 Å². The molecular formula is C54H35N3. The van der Waals surface area contributed by atoms with Crippen molar-refractivity contribution >= 4 is 0 Å². The number of hydrogen-bond donors (Lipinski definition) is 0. The maximum Gasteiger partial charge on any atom is 0.160 e. The molecule has 0 radical (unpaired) electrons. The fraction of sp³-hybridized carbons (Fsp3) is 0.0185. The molecule has 0 saturated heterocycles. The van der Waals surface area contributed by atoms with E-state index in [2.05, 4.69) is 182 Å². The SMILES string of the molecule is N#Cc1cccc2c1-c1c(-c3ccc(-c4nc(-c5ccccc5)cc(-c5ccc(-c6ccccc6)cc5)n4)cc3)cccc1C2(c1ccccc1)c1ccccc1. The number of benzene rings is 8. The smallest absolute Gasteiger partial charge is 0.160 e. The molecule has 0 atom stereocenters. The summed E-state index contributed by atoms with van der Waals surface area (Å²) in [4.78, 5) is 10.3. The minimum Gasteiger partial charge on any atom is -0.228 e. The summed E-state index contributed by atoms with van der Waals surface area (Å²) in [5, 5.41) is 10.6. The first kappa shape index (κ1) is 33.9. The average molecular weight is 726 g/mol. The van der Waals surface area contributed by atoms with E-state index in [0.717, 1.165) is 61.5 Å². The summed E-state index contributed by atoms with van der Waals surface area (Å²) in [5.41, 5.74) is 16.0. The molecule has 0 fully saturated rings. The molecule has 0 spiro atoms. The van der Waals surface area contributed by atoms with E-state index in [1.807, 2.05) is 36.4 Å². The van der Waals surface area contributed by atoms with Gasteiger partial charge in [0.05, 0.1) is 28.4 Å². The van der Waals surface area contributed by atoms with E-state index in [9.17, 15) is 5.26 Å². The highest BCUT2D eigenvalue weighted by atomic mass is 14.9. The van der Waals surface area contributed by atoms with Crippen molar-refractivity contribution in [3.8, 4) is 73.4 Å². The van der Waals surface area contributed by atoms with Gasteiger partial charge in [0.2, 0.25) is 0 Å². The number of nitriles is 1. The van der Waals surface area contributed by atoms with Gasteiger partial charge >= 0.3 is 0 Å². The molecular weight excluding hydrogens is 691 g/mol. The Morgan fingerprint density at radius 2 is 0.807 bits per heavy atom. The zero-order chi connectivity index (χ0) is 38.2. The molecule has 3 nitrogen and oxygen atoms in total. The van der Waals surface area contributed by atoms with Crippen LogP contribution >= 0.6 is 0 Å². The van der Waals surface area contributed by atoms with Crippen LogP contribution in [0.3, 0.4) is 0 Å². The fourth-order valence-electron chi connectivity index (χ4n) is 8.66. The molecule has 1 heterocycles. The molecule has 0 amide bonds. The van der Waals surface area contributed by atoms with Crippen molar-refractivity contribution in [3.63, 3.8) is 0 Å². The number of aromatic nitrogens is 2. The summed E-state index contributed by atoms with van der Waals surface area (Å²) < 4.78 is 0. The van der Waals surface area contributed by atoms with Gasteiger partial charge < -0.3 is 0 Å². The highest BCUT2D eigenvalue weighted by Gasteiger charge is 2.47. The van der Waals surface area contributed by atoms with Gasteiger partial charge in [-0.1, -0.05) is 200 Å². The van der Waals surface area contributed by atoms with Crippen LogP contribution in [0.2, 0.25) is 0 Å². The van der Waals surface area contributed by atoms with Crippen molar-refractivity contribution in [1.82, 2.24) is 9.97 Å². The summed E-state index contributed by atoms with van der Waals surface area (Å²) >= 11 is 0. The predicted octanol–water partition coefficient (Wildman–Crippen LogP) is 13.0. The summed E-state index contributed by atoms with van der Waals surface area (Å²) in [6.45, 7) is 0. The monoisotopic (exact) mass is 725 g/mol. The molecule has 57 heavy (non-hydrogen) atoms. The normalized spacial score (nSPS) is 12.3. The Labute approximate surface area is 332 Å². The molecule has 0 N–H and O–H groups in total. The van der Waals surface area contributed by atoms with Gasteiger partial charge in [-0.05, 0) is 62.2 Å². The van der Waals surface area contributed by atoms with Crippen LogP contribution in [0.4, 0.5) is 0 Å². The molecule has 8 aromatic carbocycles. The largest absolute Gasteiger partial charge is 0.228 e. The Balaban J connectivity index is 1.11. The number of hydrogen-bond acceptors (Lipinski definition) is 3. The quantitative estimate of drug-likeness (QED) is 0.164.